The van der Waals surface area contributed by atoms with Crippen LogP contribution in [-0.4, -0.2) is 99.7 Å². The molecule has 13 nitrogen and oxygen atoms in total. The topological polar surface area (TPSA) is 190 Å². The number of phenolic OH excluding ortho intramolecular Hbond substituents is 2. The number of aliphatic hydroxyl groups excluding tert-OH is 2. The lowest BCUT2D eigenvalue weighted by atomic mass is 9.69. The third kappa shape index (κ3) is 10.4. The van der Waals surface area contributed by atoms with Crippen molar-refractivity contribution in [2.45, 2.75) is 152 Å². The molecule has 0 amide bonds. The van der Waals surface area contributed by atoms with Crippen molar-refractivity contribution < 1.29 is 44.5 Å². The second-order valence-corrected chi connectivity index (χ2v) is 21.8. The second kappa shape index (κ2) is 21.7. The number of aryl methyl sites for hydroxylation is 1. The van der Waals surface area contributed by atoms with Gasteiger partial charge in [-0.05, 0) is 158 Å². The molecular formula is C59H74N4O9. The number of hydrogen-bond acceptors (Lipinski definition) is 12. The lowest BCUT2D eigenvalue weighted by Gasteiger charge is -2.50. The standard InChI is InChI=1S/C59H74N4O9/c1-36(2)30-58(3,68)33-60-34-62-52-13-7-8-23-69-51-28-41(26-39(54(51)67)10-9-22-64)57-59(52,70-35-63-42-11-5-4-6-12-42)31-49-48-27-40(25-37-14-19-50-38(24-37)20-21-61-50)47-29-43(66)15-17-45(47)53(48)56-46(55(49)72-57)18-16-44(32-65)71-56/h14-15,17,19-21,24,26,28-29,36,40,42,44,52,57,60-68H,4-6,8-12,16,18,22-23,25,27,30-35H2,1-3H3. The van der Waals surface area contributed by atoms with Gasteiger partial charge in [0.05, 0.1) is 25.5 Å². The smallest absolute Gasteiger partial charge is 0.161 e. The largest absolute Gasteiger partial charge is 0.508 e. The Morgan fingerprint density at radius 3 is 2.62 bits per heavy atom. The molecule has 384 valence electrons. The third-order valence-corrected chi connectivity index (χ3v) is 15.8. The van der Waals surface area contributed by atoms with Crippen molar-refractivity contribution in [2.75, 3.05) is 39.8 Å². The van der Waals surface area contributed by atoms with Crippen LogP contribution in [0.2, 0.25) is 0 Å². The normalized spacial score (nSPS) is 23.4. The molecular weight excluding hydrogens is 909 g/mol. The van der Waals surface area contributed by atoms with Crippen LogP contribution in [0.3, 0.4) is 0 Å². The van der Waals surface area contributed by atoms with Crippen molar-refractivity contribution in [3.63, 3.8) is 0 Å². The summed E-state index contributed by atoms with van der Waals surface area (Å²) in [5, 5.41) is 67.2. The summed E-state index contributed by atoms with van der Waals surface area (Å²) in [6.07, 6.45) is 11.2. The number of aromatic hydroxyl groups is 2. The molecule has 4 heterocycles. The fourth-order valence-electron chi connectivity index (χ4n) is 12.5. The Morgan fingerprint density at radius 1 is 0.944 bits per heavy atom. The number of H-pyrrole nitrogens is 1. The molecule has 2 aliphatic carbocycles. The highest BCUT2D eigenvalue weighted by atomic mass is 16.6. The number of ether oxygens (including phenoxy) is 4. The number of aliphatic hydroxyl groups is 3. The van der Waals surface area contributed by atoms with Crippen LogP contribution in [0.4, 0.5) is 0 Å². The summed E-state index contributed by atoms with van der Waals surface area (Å²) in [5.41, 5.74) is 7.50. The van der Waals surface area contributed by atoms with Gasteiger partial charge >= 0.3 is 0 Å². The average Bonchev–Trinajstić information content (AvgIpc) is 3.84. The number of phenols is 2. The highest BCUT2D eigenvalue weighted by molar-refractivity contribution is 5.85. The molecule has 5 aliphatic rings. The Bertz CT molecular complexity index is 2790. The van der Waals surface area contributed by atoms with Gasteiger partial charge in [-0.3, -0.25) is 10.6 Å². The van der Waals surface area contributed by atoms with Crippen molar-refractivity contribution in [3.05, 3.63) is 99.7 Å². The van der Waals surface area contributed by atoms with Crippen molar-refractivity contribution in [1.29, 1.82) is 0 Å². The van der Waals surface area contributed by atoms with E-state index < -0.39 is 29.5 Å². The predicted molar refractivity (Wildman–Crippen MR) is 279 cm³/mol. The fourth-order valence-corrected chi connectivity index (χ4v) is 12.5. The highest BCUT2D eigenvalue weighted by Gasteiger charge is 2.55. The minimum atomic E-state index is -1.22. The molecule has 9 N–H and O–H groups in total. The number of hydrogen-bond donors (Lipinski definition) is 9. The third-order valence-electron chi connectivity index (χ3n) is 15.8. The van der Waals surface area contributed by atoms with Gasteiger partial charge in [0.25, 0.3) is 0 Å². The van der Waals surface area contributed by atoms with Crippen LogP contribution in [0.15, 0.2) is 60.8 Å². The minimum absolute atomic E-state index is 0.0343. The molecule has 1 aromatic heterocycles. The summed E-state index contributed by atoms with van der Waals surface area (Å²) in [6.45, 7) is 7.08. The van der Waals surface area contributed by atoms with Crippen LogP contribution in [0, 0.1) is 17.8 Å². The van der Waals surface area contributed by atoms with Gasteiger partial charge in [0, 0.05) is 67.1 Å². The van der Waals surface area contributed by atoms with Gasteiger partial charge in [0.2, 0.25) is 0 Å². The lowest BCUT2D eigenvalue weighted by molar-refractivity contribution is -0.144. The number of aromatic amines is 1. The van der Waals surface area contributed by atoms with E-state index in [1.807, 2.05) is 37.4 Å². The molecule has 6 atom stereocenters. The van der Waals surface area contributed by atoms with Gasteiger partial charge in [-0.1, -0.05) is 57.1 Å². The van der Waals surface area contributed by atoms with E-state index in [4.69, 9.17) is 18.9 Å². The van der Waals surface area contributed by atoms with Crippen LogP contribution in [0.5, 0.6) is 28.7 Å². The monoisotopic (exact) mass is 983 g/mol. The minimum Gasteiger partial charge on any atom is -0.508 e. The maximum atomic E-state index is 11.7. The van der Waals surface area contributed by atoms with Crippen LogP contribution in [0.25, 0.3) is 22.0 Å². The maximum Gasteiger partial charge on any atom is 0.161 e. The van der Waals surface area contributed by atoms with E-state index in [1.54, 1.807) is 6.07 Å². The molecule has 13 heteroatoms. The van der Waals surface area contributed by atoms with Crippen molar-refractivity contribution >= 4 is 10.9 Å². The van der Waals surface area contributed by atoms with E-state index in [0.717, 1.165) is 81.3 Å². The summed E-state index contributed by atoms with van der Waals surface area (Å²) < 4.78 is 28.6. The molecule has 0 radical (unpaired) electrons. The molecule has 0 spiro atoms. The molecule has 1 saturated carbocycles. The van der Waals surface area contributed by atoms with Crippen molar-refractivity contribution in [1.82, 2.24) is 20.9 Å². The number of aromatic nitrogens is 1. The highest BCUT2D eigenvalue weighted by Crippen LogP contribution is 2.58. The number of benzene rings is 4. The first-order valence-electron chi connectivity index (χ1n) is 26.6. The van der Waals surface area contributed by atoms with E-state index in [9.17, 15) is 25.5 Å². The SMILES string of the molecule is CC(C)CC(C)(O)CNCNC1C#CCCOc2cc(cc(CCCO)c2O)C2Oc3c(c4c(c5c3CCC(CO)O5)-c3ccc(O)cc3C(Cc3ccc5[nH]ccc5c3)C4)CC12OCNC1CCCCC1. The Labute approximate surface area is 424 Å². The van der Waals surface area contributed by atoms with E-state index in [0.29, 0.717) is 100 Å². The van der Waals surface area contributed by atoms with Gasteiger partial charge < -0.3 is 54.8 Å². The summed E-state index contributed by atoms with van der Waals surface area (Å²) in [4.78, 5) is 3.33. The second-order valence-electron chi connectivity index (χ2n) is 21.8. The van der Waals surface area contributed by atoms with Crippen molar-refractivity contribution in [2.24, 2.45) is 5.92 Å². The maximum absolute atomic E-state index is 11.7. The molecule has 6 unspecified atom stereocenters. The first kappa shape index (κ1) is 50.2. The van der Waals surface area contributed by atoms with Gasteiger partial charge in [0.1, 0.15) is 35.0 Å². The molecule has 2 bridgehead atoms. The van der Waals surface area contributed by atoms with Gasteiger partial charge in [-0.25, -0.2) is 0 Å². The Kier molecular flexibility index (Phi) is 15.1. The quantitative estimate of drug-likeness (QED) is 0.0248. The number of fused-ring (bicyclic) bond motifs is 13. The van der Waals surface area contributed by atoms with E-state index >= 15 is 0 Å². The molecule has 1 fully saturated rings. The van der Waals surface area contributed by atoms with Crippen LogP contribution in [0.1, 0.15) is 130 Å². The van der Waals surface area contributed by atoms with E-state index in [-0.39, 0.29) is 44.0 Å². The van der Waals surface area contributed by atoms with Crippen LogP contribution < -0.4 is 30.2 Å². The number of nitrogens with one attached hydrogen (secondary N) is 4. The molecule has 4 aromatic carbocycles. The summed E-state index contributed by atoms with van der Waals surface area (Å²) in [7, 11) is 0. The van der Waals surface area contributed by atoms with E-state index in [1.165, 1.54) is 12.0 Å². The average molecular weight is 983 g/mol. The van der Waals surface area contributed by atoms with Crippen LogP contribution >= 0.6 is 0 Å². The molecule has 10 rings (SSSR count). The molecule has 0 saturated heterocycles. The van der Waals surface area contributed by atoms with Gasteiger partial charge in [0.15, 0.2) is 17.6 Å². The molecule has 5 aromatic rings. The zero-order valence-corrected chi connectivity index (χ0v) is 42.2. The van der Waals surface area contributed by atoms with Crippen LogP contribution in [-0.2, 0) is 36.8 Å². The van der Waals surface area contributed by atoms with Gasteiger partial charge in [-0.2, -0.15) is 0 Å². The first-order chi connectivity index (χ1) is 34.9. The van der Waals surface area contributed by atoms with E-state index in [2.05, 4.69) is 70.9 Å². The lowest BCUT2D eigenvalue weighted by Crippen LogP contribution is -2.62. The summed E-state index contributed by atoms with van der Waals surface area (Å²) in [6, 6.07) is 17.9. The Morgan fingerprint density at radius 2 is 1.81 bits per heavy atom. The Balaban J connectivity index is 1.17. The predicted octanol–water partition coefficient (Wildman–Crippen LogP) is 8.14. The molecule has 3 aliphatic heterocycles. The zero-order chi connectivity index (χ0) is 50.0. The molecule has 72 heavy (non-hydrogen) atoms. The fraction of sp³-hybridized carbons (Fsp3) is 0.525. The summed E-state index contributed by atoms with van der Waals surface area (Å²) in [5.74, 6) is 9.38. The van der Waals surface area contributed by atoms with Crippen molar-refractivity contribution in [3.8, 4) is 51.7 Å². The number of rotatable bonds is 17. The van der Waals surface area contributed by atoms with Gasteiger partial charge in [-0.15, -0.1) is 0 Å². The zero-order valence-electron chi connectivity index (χ0n) is 42.2. The Hall–Kier alpha value is -5.30. The summed E-state index contributed by atoms with van der Waals surface area (Å²) >= 11 is 0. The first-order valence-corrected chi connectivity index (χ1v) is 26.6.